The van der Waals surface area contributed by atoms with Gasteiger partial charge in [-0.05, 0) is 60.0 Å². The van der Waals surface area contributed by atoms with E-state index in [-0.39, 0.29) is 11.8 Å². The maximum atomic E-state index is 12.7. The minimum absolute atomic E-state index is 0.0205. The van der Waals surface area contributed by atoms with Crippen LogP contribution in [0.2, 0.25) is 0 Å². The maximum Gasteiger partial charge on any atom is 0.241 e. The molecule has 3 aromatic heterocycles. The van der Waals surface area contributed by atoms with Crippen LogP contribution in [0, 0.1) is 12.8 Å². The number of aromatic nitrogens is 6. The quantitative estimate of drug-likeness (QED) is 0.496. The molecule has 1 saturated heterocycles. The number of piperidine rings is 1. The molecule has 4 heterocycles. The zero-order valence-corrected chi connectivity index (χ0v) is 16.5. The van der Waals surface area contributed by atoms with E-state index in [1.807, 2.05) is 43.3 Å². The lowest BCUT2D eigenvalue weighted by Gasteiger charge is -2.31. The largest absolute Gasteiger partial charge is 0.355 e. The number of nitrogens with one attached hydrogen (secondary N) is 2. The number of hydrogen-bond donors (Lipinski definition) is 2. The van der Waals surface area contributed by atoms with Crippen LogP contribution in [0.15, 0.2) is 42.5 Å². The Kier molecular flexibility index (Phi) is 4.58. The zero-order chi connectivity index (χ0) is 20.5. The Morgan fingerprint density at radius 1 is 1.13 bits per heavy atom. The number of para-hydroxylation sites is 1. The van der Waals surface area contributed by atoms with E-state index in [1.165, 1.54) is 4.63 Å². The molecule has 1 amide bonds. The van der Waals surface area contributed by atoms with Crippen molar-refractivity contribution in [1.29, 1.82) is 0 Å². The lowest BCUT2D eigenvalue weighted by Crippen LogP contribution is -2.42. The Morgan fingerprint density at radius 3 is 2.83 bits per heavy atom. The number of carbonyl (C=O) groups is 1. The molecule has 1 fully saturated rings. The fourth-order valence-corrected chi connectivity index (χ4v) is 3.75. The molecule has 1 aliphatic heterocycles. The van der Waals surface area contributed by atoms with Gasteiger partial charge in [-0.1, -0.05) is 18.2 Å². The van der Waals surface area contributed by atoms with Gasteiger partial charge in [-0.2, -0.15) is 0 Å². The second-order valence-corrected chi connectivity index (χ2v) is 7.44. The van der Waals surface area contributed by atoms with Gasteiger partial charge in [-0.15, -0.1) is 14.8 Å². The van der Waals surface area contributed by atoms with E-state index in [2.05, 4.69) is 47.4 Å². The summed E-state index contributed by atoms with van der Waals surface area (Å²) in [5.41, 5.74) is 8.31. The Labute approximate surface area is 172 Å². The normalized spacial score (nSPS) is 14.9. The van der Waals surface area contributed by atoms with E-state index in [9.17, 15) is 4.79 Å². The molecule has 0 radical (unpaired) electrons. The highest BCUT2D eigenvalue weighted by atomic mass is 16.2. The van der Waals surface area contributed by atoms with Gasteiger partial charge in [0.25, 0.3) is 0 Å². The fourth-order valence-electron chi connectivity index (χ4n) is 3.75. The summed E-state index contributed by atoms with van der Waals surface area (Å²) < 4.78 is 1.41. The highest BCUT2D eigenvalue weighted by Gasteiger charge is 2.26. The van der Waals surface area contributed by atoms with Crippen molar-refractivity contribution in [2.75, 3.05) is 23.4 Å². The molecule has 10 nitrogen and oxygen atoms in total. The molecule has 0 spiro atoms. The molecule has 2 N–H and O–H groups in total. The monoisotopic (exact) mass is 403 g/mol. The third-order valence-electron chi connectivity index (χ3n) is 5.46. The molecule has 152 valence electrons. The Hall–Kier alpha value is -3.82. The third-order valence-corrected chi connectivity index (χ3v) is 5.46. The van der Waals surface area contributed by atoms with Crippen LogP contribution in [0.5, 0.6) is 0 Å². The topological polar surface area (TPSA) is 113 Å². The summed E-state index contributed by atoms with van der Waals surface area (Å²) in [5.74, 6) is 1.39. The number of carbonyl (C=O) groups excluding carboxylic acids is 1. The van der Waals surface area contributed by atoms with Crippen LogP contribution in [0.25, 0.3) is 16.6 Å². The molecule has 1 aliphatic rings. The molecule has 1 aromatic carbocycles. The first-order chi connectivity index (χ1) is 14.7. The molecule has 30 heavy (non-hydrogen) atoms. The highest BCUT2D eigenvalue weighted by Crippen LogP contribution is 2.23. The number of aryl methyl sites for hydroxylation is 1. The summed E-state index contributed by atoms with van der Waals surface area (Å²) >= 11 is 0. The number of anilines is 2. The minimum atomic E-state index is -0.0636. The van der Waals surface area contributed by atoms with E-state index in [0.717, 1.165) is 48.2 Å². The van der Waals surface area contributed by atoms with Crippen LogP contribution in [-0.4, -0.2) is 49.2 Å². The predicted molar refractivity (Wildman–Crippen MR) is 112 cm³/mol. The summed E-state index contributed by atoms with van der Waals surface area (Å²) in [6, 6.07) is 13.7. The number of amides is 1. The number of rotatable bonds is 4. The average molecular weight is 403 g/mol. The molecule has 0 saturated carbocycles. The van der Waals surface area contributed by atoms with Crippen LogP contribution in [0.1, 0.15) is 18.4 Å². The lowest BCUT2D eigenvalue weighted by atomic mass is 9.96. The van der Waals surface area contributed by atoms with Crippen molar-refractivity contribution in [3.8, 4) is 0 Å². The van der Waals surface area contributed by atoms with Crippen LogP contribution < -0.4 is 15.8 Å². The summed E-state index contributed by atoms with van der Waals surface area (Å²) in [6.07, 6.45) is 1.49. The lowest BCUT2D eigenvalue weighted by molar-refractivity contribution is -0.125. The number of hydrazine groups is 1. The molecule has 0 unspecified atom stereocenters. The first-order valence-electron chi connectivity index (χ1n) is 9.90. The van der Waals surface area contributed by atoms with Gasteiger partial charge in [0.15, 0.2) is 11.5 Å². The summed E-state index contributed by atoms with van der Waals surface area (Å²) in [5, 5.41) is 16.8. The molecule has 5 rings (SSSR count). The van der Waals surface area contributed by atoms with Gasteiger partial charge in [0.1, 0.15) is 5.82 Å². The number of pyridine rings is 1. The van der Waals surface area contributed by atoms with Gasteiger partial charge in [0, 0.05) is 24.4 Å². The molecule has 10 heteroatoms. The van der Waals surface area contributed by atoms with Crippen molar-refractivity contribution in [1.82, 2.24) is 35.7 Å². The summed E-state index contributed by atoms with van der Waals surface area (Å²) in [4.78, 5) is 19.4. The van der Waals surface area contributed by atoms with Crippen LogP contribution in [0.3, 0.4) is 0 Å². The minimum Gasteiger partial charge on any atom is -0.355 e. The first-order valence-corrected chi connectivity index (χ1v) is 9.90. The van der Waals surface area contributed by atoms with Crippen LogP contribution in [0.4, 0.5) is 11.6 Å². The SMILES string of the molecule is Cc1cc2ccccc2nc1NNC(=O)C1CCN(c2ccc3nnnn3n2)CC1. The Balaban J connectivity index is 1.19. The van der Waals surface area contributed by atoms with E-state index in [1.54, 1.807) is 0 Å². The molecular weight excluding hydrogens is 382 g/mol. The second-order valence-electron chi connectivity index (χ2n) is 7.44. The number of nitrogens with zero attached hydrogens (tertiary/aromatic N) is 7. The molecule has 4 aromatic rings. The Morgan fingerprint density at radius 2 is 1.97 bits per heavy atom. The Bertz CT molecular complexity index is 1210. The van der Waals surface area contributed by atoms with Gasteiger partial charge in [0.05, 0.1) is 5.52 Å². The second kappa shape index (κ2) is 7.54. The van der Waals surface area contributed by atoms with Gasteiger partial charge >= 0.3 is 0 Å². The van der Waals surface area contributed by atoms with Crippen LogP contribution >= 0.6 is 0 Å². The van der Waals surface area contributed by atoms with Crippen molar-refractivity contribution in [3.05, 3.63) is 48.0 Å². The van der Waals surface area contributed by atoms with E-state index >= 15 is 0 Å². The standard InChI is InChI=1S/C20H21N9O/c1-13-12-15-4-2-3-5-16(15)21-19(13)23-24-20(30)14-8-10-28(11-9-14)18-7-6-17-22-26-27-29(17)25-18/h2-7,12,14H,8-11H2,1H3,(H,21,23)(H,24,30). The zero-order valence-electron chi connectivity index (χ0n) is 16.5. The van der Waals surface area contributed by atoms with E-state index in [0.29, 0.717) is 11.5 Å². The third kappa shape index (κ3) is 3.47. The first kappa shape index (κ1) is 18.2. The average Bonchev–Trinajstić information content (AvgIpc) is 3.25. The smallest absolute Gasteiger partial charge is 0.241 e. The number of hydrogen-bond acceptors (Lipinski definition) is 8. The molecule has 0 atom stereocenters. The summed E-state index contributed by atoms with van der Waals surface area (Å²) in [6.45, 7) is 3.46. The maximum absolute atomic E-state index is 12.7. The van der Waals surface area contributed by atoms with E-state index in [4.69, 9.17) is 0 Å². The molecule has 0 aliphatic carbocycles. The van der Waals surface area contributed by atoms with Crippen molar-refractivity contribution in [2.24, 2.45) is 5.92 Å². The number of fused-ring (bicyclic) bond motifs is 2. The number of benzene rings is 1. The molecular formula is C20H21N9O. The van der Waals surface area contributed by atoms with Crippen LogP contribution in [-0.2, 0) is 4.79 Å². The van der Waals surface area contributed by atoms with Gasteiger partial charge in [-0.25, -0.2) is 4.98 Å². The summed E-state index contributed by atoms with van der Waals surface area (Å²) in [7, 11) is 0. The van der Waals surface area contributed by atoms with Crippen molar-refractivity contribution in [2.45, 2.75) is 19.8 Å². The fraction of sp³-hybridized carbons (Fsp3) is 0.300. The van der Waals surface area contributed by atoms with E-state index < -0.39 is 0 Å². The predicted octanol–water partition coefficient (Wildman–Crippen LogP) is 1.74. The van der Waals surface area contributed by atoms with Gasteiger partial charge in [-0.3, -0.25) is 15.6 Å². The van der Waals surface area contributed by atoms with Crippen molar-refractivity contribution in [3.63, 3.8) is 0 Å². The molecule has 0 bridgehead atoms. The number of tetrazole rings is 1. The van der Waals surface area contributed by atoms with Gasteiger partial charge < -0.3 is 4.90 Å². The highest BCUT2D eigenvalue weighted by molar-refractivity contribution is 5.83. The van der Waals surface area contributed by atoms with Gasteiger partial charge in [0.2, 0.25) is 5.91 Å². The van der Waals surface area contributed by atoms with Crippen molar-refractivity contribution < 1.29 is 4.79 Å². The van der Waals surface area contributed by atoms with Crippen molar-refractivity contribution >= 4 is 34.1 Å².